The van der Waals surface area contributed by atoms with Crippen LogP contribution in [0, 0.1) is 5.41 Å². The Morgan fingerprint density at radius 3 is 2.94 bits per heavy atom. The van der Waals surface area contributed by atoms with Gasteiger partial charge in [-0.1, -0.05) is 19.9 Å². The van der Waals surface area contributed by atoms with Gasteiger partial charge in [0.15, 0.2) is 0 Å². The Hall–Kier alpha value is -0.930. The van der Waals surface area contributed by atoms with Crippen molar-refractivity contribution < 1.29 is 5.11 Å². The molecule has 3 heteroatoms. The van der Waals surface area contributed by atoms with Crippen LogP contribution in [0.3, 0.4) is 0 Å². The maximum atomic E-state index is 10.2. The van der Waals surface area contributed by atoms with Crippen LogP contribution < -0.4 is 0 Å². The predicted octanol–water partition coefficient (Wildman–Crippen LogP) is 2.45. The maximum absolute atomic E-state index is 10.2. The van der Waals surface area contributed by atoms with Crippen LogP contribution in [0.5, 0.6) is 0 Å². The van der Waals surface area contributed by atoms with Gasteiger partial charge < -0.3 is 5.11 Å². The van der Waals surface area contributed by atoms with Gasteiger partial charge >= 0.3 is 0 Å². The number of aliphatic hydroxyl groups is 1. The van der Waals surface area contributed by atoms with E-state index < -0.39 is 0 Å². The van der Waals surface area contributed by atoms with Crippen LogP contribution in [0.25, 0.3) is 0 Å². The molecule has 1 N–H and O–H groups in total. The van der Waals surface area contributed by atoms with Crippen molar-refractivity contribution in [1.29, 1.82) is 0 Å². The lowest BCUT2D eigenvalue weighted by atomic mass is 9.73. The molecule has 0 spiro atoms. The number of nitrogens with zero attached hydrogens (tertiary/aromatic N) is 2. The molecule has 0 radical (unpaired) electrons. The second-order valence-corrected chi connectivity index (χ2v) is 6.32. The van der Waals surface area contributed by atoms with Gasteiger partial charge in [0, 0.05) is 25.0 Å². The molecule has 1 heterocycles. The highest BCUT2D eigenvalue weighted by Crippen LogP contribution is 2.37. The molecule has 3 nitrogen and oxygen atoms in total. The van der Waals surface area contributed by atoms with Gasteiger partial charge in [-0.3, -0.25) is 9.88 Å². The highest BCUT2D eigenvalue weighted by Gasteiger charge is 2.35. The molecular formula is C15H24N2O. The third-order valence-electron chi connectivity index (χ3n) is 4.04. The molecule has 1 saturated carbocycles. The van der Waals surface area contributed by atoms with Crippen LogP contribution in [-0.2, 0) is 6.54 Å². The normalized spacial score (nSPS) is 27.4. The van der Waals surface area contributed by atoms with Crippen molar-refractivity contribution in [2.45, 2.75) is 51.8 Å². The number of likely N-dealkylation sites (N-methyl/N-ethyl adjacent to an activating group) is 1. The Bertz CT molecular complexity index is 377. The van der Waals surface area contributed by atoms with Crippen LogP contribution in [0.15, 0.2) is 24.5 Å². The lowest BCUT2D eigenvalue weighted by molar-refractivity contribution is -0.0102. The summed E-state index contributed by atoms with van der Waals surface area (Å²) in [6, 6.07) is 4.31. The first-order valence-corrected chi connectivity index (χ1v) is 6.75. The maximum Gasteiger partial charge on any atom is 0.0695 e. The predicted molar refractivity (Wildman–Crippen MR) is 73.1 cm³/mol. The van der Waals surface area contributed by atoms with E-state index in [9.17, 15) is 5.11 Å². The van der Waals surface area contributed by atoms with Gasteiger partial charge in [0.1, 0.15) is 0 Å². The van der Waals surface area contributed by atoms with Crippen molar-refractivity contribution in [3.05, 3.63) is 30.1 Å². The summed E-state index contributed by atoms with van der Waals surface area (Å²) in [5.74, 6) is 0. The van der Waals surface area contributed by atoms with E-state index >= 15 is 0 Å². The van der Waals surface area contributed by atoms with Crippen molar-refractivity contribution in [2.24, 2.45) is 5.41 Å². The van der Waals surface area contributed by atoms with Gasteiger partial charge in [0.05, 0.1) is 6.10 Å². The van der Waals surface area contributed by atoms with Crippen LogP contribution >= 0.6 is 0 Å². The van der Waals surface area contributed by atoms with E-state index in [-0.39, 0.29) is 12.1 Å². The zero-order valence-electron chi connectivity index (χ0n) is 11.6. The summed E-state index contributed by atoms with van der Waals surface area (Å²) in [7, 11) is 2.10. The second-order valence-electron chi connectivity index (χ2n) is 6.32. The molecule has 0 saturated heterocycles. The molecule has 0 amide bonds. The van der Waals surface area contributed by atoms with E-state index in [0.717, 1.165) is 25.8 Å². The minimum Gasteiger partial charge on any atom is -0.391 e. The van der Waals surface area contributed by atoms with Gasteiger partial charge in [-0.25, -0.2) is 0 Å². The molecule has 18 heavy (non-hydrogen) atoms. The Morgan fingerprint density at radius 2 is 2.28 bits per heavy atom. The van der Waals surface area contributed by atoms with Gasteiger partial charge in [-0.15, -0.1) is 0 Å². The molecule has 1 aromatic heterocycles. The summed E-state index contributed by atoms with van der Waals surface area (Å²) in [6.07, 6.45) is 6.59. The molecule has 0 bridgehead atoms. The Kier molecular flexibility index (Phi) is 4.03. The van der Waals surface area contributed by atoms with Gasteiger partial charge in [0.25, 0.3) is 0 Å². The van der Waals surface area contributed by atoms with E-state index in [1.54, 1.807) is 6.20 Å². The summed E-state index contributed by atoms with van der Waals surface area (Å²) in [5.41, 5.74) is 1.54. The van der Waals surface area contributed by atoms with Gasteiger partial charge in [-0.2, -0.15) is 0 Å². The van der Waals surface area contributed by atoms with Crippen molar-refractivity contribution in [3.8, 4) is 0 Å². The van der Waals surface area contributed by atoms with Crippen LogP contribution in [0.4, 0.5) is 0 Å². The summed E-state index contributed by atoms with van der Waals surface area (Å²) >= 11 is 0. The Labute approximate surface area is 110 Å². The Balaban J connectivity index is 2.01. The lowest BCUT2D eigenvalue weighted by Gasteiger charge is -2.42. The zero-order valence-corrected chi connectivity index (χ0v) is 11.6. The minimum absolute atomic E-state index is 0.195. The molecule has 100 valence electrons. The highest BCUT2D eigenvalue weighted by molar-refractivity contribution is 5.08. The van der Waals surface area contributed by atoms with Crippen molar-refractivity contribution in [3.63, 3.8) is 0 Å². The van der Waals surface area contributed by atoms with Crippen molar-refractivity contribution in [2.75, 3.05) is 7.05 Å². The van der Waals surface area contributed by atoms with Crippen LogP contribution in [0.2, 0.25) is 0 Å². The average Bonchev–Trinajstić information content (AvgIpc) is 2.33. The van der Waals surface area contributed by atoms with Gasteiger partial charge in [0.2, 0.25) is 0 Å². The molecule has 1 aliphatic carbocycles. The lowest BCUT2D eigenvalue weighted by Crippen LogP contribution is -2.47. The highest BCUT2D eigenvalue weighted by atomic mass is 16.3. The van der Waals surface area contributed by atoms with E-state index in [0.29, 0.717) is 5.41 Å². The number of hydrogen-bond donors (Lipinski definition) is 1. The number of pyridine rings is 1. The summed E-state index contributed by atoms with van der Waals surface area (Å²) < 4.78 is 0. The fourth-order valence-electron chi connectivity index (χ4n) is 2.88. The standard InChI is InChI=1S/C15H24N2O/c1-15(2)7-6-14(18)13(9-15)17(3)11-12-5-4-8-16-10-12/h4-5,8,10,13-14,18H,6-7,9,11H2,1-3H3. The zero-order chi connectivity index (χ0) is 13.2. The monoisotopic (exact) mass is 248 g/mol. The number of hydrogen-bond acceptors (Lipinski definition) is 3. The molecule has 2 unspecified atom stereocenters. The third-order valence-corrected chi connectivity index (χ3v) is 4.04. The Morgan fingerprint density at radius 1 is 1.50 bits per heavy atom. The summed E-state index contributed by atoms with van der Waals surface area (Å²) in [5, 5.41) is 10.2. The summed E-state index contributed by atoms with van der Waals surface area (Å²) in [4.78, 5) is 6.41. The smallest absolute Gasteiger partial charge is 0.0695 e. The molecule has 1 fully saturated rings. The van der Waals surface area contributed by atoms with Crippen molar-refractivity contribution in [1.82, 2.24) is 9.88 Å². The van der Waals surface area contributed by atoms with Crippen LogP contribution in [-0.4, -0.2) is 34.2 Å². The molecule has 0 aliphatic heterocycles. The van der Waals surface area contributed by atoms with E-state index in [1.165, 1.54) is 5.56 Å². The molecular weight excluding hydrogens is 224 g/mol. The van der Waals surface area contributed by atoms with Crippen molar-refractivity contribution >= 4 is 0 Å². The van der Waals surface area contributed by atoms with E-state index in [2.05, 4.69) is 36.8 Å². The SMILES string of the molecule is CN(Cc1cccnc1)C1CC(C)(C)CCC1O. The summed E-state index contributed by atoms with van der Waals surface area (Å²) in [6.45, 7) is 5.44. The van der Waals surface area contributed by atoms with Crippen LogP contribution in [0.1, 0.15) is 38.7 Å². The molecule has 1 aromatic rings. The fraction of sp³-hybridized carbons (Fsp3) is 0.667. The average molecular weight is 248 g/mol. The number of rotatable bonds is 3. The topological polar surface area (TPSA) is 36.4 Å². The van der Waals surface area contributed by atoms with E-state index in [1.807, 2.05) is 12.3 Å². The number of aromatic nitrogens is 1. The first-order chi connectivity index (χ1) is 8.48. The molecule has 2 rings (SSSR count). The minimum atomic E-state index is -0.195. The fourth-order valence-corrected chi connectivity index (χ4v) is 2.88. The number of aliphatic hydroxyl groups excluding tert-OH is 1. The van der Waals surface area contributed by atoms with Gasteiger partial charge in [-0.05, 0) is 43.4 Å². The quantitative estimate of drug-likeness (QED) is 0.892. The second kappa shape index (κ2) is 5.37. The first kappa shape index (κ1) is 13.5. The largest absolute Gasteiger partial charge is 0.391 e. The molecule has 2 atom stereocenters. The first-order valence-electron chi connectivity index (χ1n) is 6.75. The third kappa shape index (κ3) is 3.30. The van der Waals surface area contributed by atoms with E-state index in [4.69, 9.17) is 0 Å². The molecule has 0 aromatic carbocycles. The molecule has 1 aliphatic rings.